The van der Waals surface area contributed by atoms with Gasteiger partial charge in [-0.15, -0.1) is 5.06 Å². The van der Waals surface area contributed by atoms with Crippen LogP contribution in [0.3, 0.4) is 0 Å². The van der Waals surface area contributed by atoms with Gasteiger partial charge in [-0.05, 0) is 12.1 Å². The number of nitrogens with two attached hydrogens (primary N) is 1. The molecule has 4 N–H and O–H groups in total. The fourth-order valence-electron chi connectivity index (χ4n) is 1.45. The van der Waals surface area contributed by atoms with Crippen LogP contribution in [0.1, 0.15) is 20.7 Å². The Morgan fingerprint density at radius 2 is 1.48 bits per heavy atom. The summed E-state index contributed by atoms with van der Waals surface area (Å²) < 4.78 is 0. The molecule has 0 unspecified atom stereocenters. The van der Waals surface area contributed by atoms with Crippen molar-refractivity contribution in [1.82, 2.24) is 5.06 Å². The zero-order valence-corrected chi connectivity index (χ0v) is 14.2. The van der Waals surface area contributed by atoms with Gasteiger partial charge in [-0.2, -0.15) is 0 Å². The van der Waals surface area contributed by atoms with Gasteiger partial charge < -0.3 is 10.3 Å². The lowest BCUT2D eigenvalue weighted by Gasteiger charge is -2.11. The zero-order valence-electron chi connectivity index (χ0n) is 11.1. The smallest absolute Gasteiger partial charge is 0.285 e. The third kappa shape index (κ3) is 5.46. The molecule has 0 aromatic heterocycles. The molecule has 0 bridgehead atoms. The van der Waals surface area contributed by atoms with E-state index in [1.807, 2.05) is 0 Å². The summed E-state index contributed by atoms with van der Waals surface area (Å²) >= 11 is 6.26. The Kier molecular flexibility index (Phi) is 10.4. The van der Waals surface area contributed by atoms with Crippen LogP contribution in [0, 0.1) is 0 Å². The number of fused-ring (bicyclic) bond motifs is 1. The quantitative estimate of drug-likeness (QED) is 0.428. The van der Waals surface area contributed by atoms with Gasteiger partial charge in [-0.25, -0.2) is 5.90 Å². The highest BCUT2D eigenvalue weighted by atomic mass is 79.9. The summed E-state index contributed by atoms with van der Waals surface area (Å²) in [5, 5.41) is 2.19. The number of halogens is 2. The van der Waals surface area contributed by atoms with Crippen LogP contribution < -0.4 is 5.90 Å². The summed E-state index contributed by atoms with van der Waals surface area (Å²) in [4.78, 5) is 32.5. The highest BCUT2D eigenvalue weighted by molar-refractivity contribution is 9.09. The highest BCUT2D eigenvalue weighted by Crippen LogP contribution is 2.22. The predicted molar refractivity (Wildman–Crippen MR) is 84.2 cm³/mol. The van der Waals surface area contributed by atoms with Gasteiger partial charge in [0.15, 0.2) is 0 Å². The third-order valence-electron chi connectivity index (χ3n) is 2.25. The van der Waals surface area contributed by atoms with E-state index in [-0.39, 0.29) is 12.1 Å². The molecule has 2 rings (SSSR count). The van der Waals surface area contributed by atoms with Gasteiger partial charge in [-0.1, -0.05) is 44.0 Å². The molecule has 1 aromatic carbocycles. The summed E-state index contributed by atoms with van der Waals surface area (Å²) in [6, 6.07) is 6.68. The van der Waals surface area contributed by atoms with Gasteiger partial charge in [0.2, 0.25) is 0 Å². The second-order valence-electron chi connectivity index (χ2n) is 3.53. The molecule has 9 heteroatoms. The Morgan fingerprint density at radius 3 is 1.81 bits per heavy atom. The van der Waals surface area contributed by atoms with E-state index in [9.17, 15) is 9.59 Å². The molecule has 7 nitrogen and oxygen atoms in total. The largest absolute Gasteiger partial charge is 0.412 e. The van der Waals surface area contributed by atoms with Crippen LogP contribution in [0.25, 0.3) is 0 Å². The molecule has 0 fully saturated rings. The molecular weight excluding hydrogens is 412 g/mol. The maximum absolute atomic E-state index is 11.7. The standard InChI is InChI=1S/C10H8BrNO3.C2H6BrNO.H2O/c11-5-6-15-12-9(13)7-3-1-2-4-8(7)10(12)14;3-1-2-5-4;/h1-4H,5-6H2;1-2,4H2;1H2. The van der Waals surface area contributed by atoms with E-state index in [4.69, 9.17) is 4.84 Å². The van der Waals surface area contributed by atoms with E-state index in [2.05, 4.69) is 42.6 Å². The van der Waals surface area contributed by atoms with E-state index in [1.165, 1.54) is 0 Å². The van der Waals surface area contributed by atoms with Gasteiger partial charge >= 0.3 is 0 Å². The van der Waals surface area contributed by atoms with E-state index in [1.54, 1.807) is 24.3 Å². The minimum Gasteiger partial charge on any atom is -0.412 e. The van der Waals surface area contributed by atoms with Gasteiger partial charge in [0, 0.05) is 10.7 Å². The van der Waals surface area contributed by atoms with Crippen molar-refractivity contribution in [1.29, 1.82) is 0 Å². The Labute approximate surface area is 138 Å². The number of carbonyl (C=O) groups excluding carboxylic acids is 2. The predicted octanol–water partition coefficient (Wildman–Crippen LogP) is 1.06. The van der Waals surface area contributed by atoms with Crippen LogP contribution >= 0.6 is 31.9 Å². The molecule has 0 aliphatic carbocycles. The fourth-order valence-corrected chi connectivity index (χ4v) is 1.79. The van der Waals surface area contributed by atoms with Crippen LogP contribution in [0.5, 0.6) is 0 Å². The van der Waals surface area contributed by atoms with Crippen LogP contribution in [-0.4, -0.2) is 46.2 Å². The molecule has 21 heavy (non-hydrogen) atoms. The number of alkyl halides is 2. The second-order valence-corrected chi connectivity index (χ2v) is 5.12. The minimum atomic E-state index is -0.392. The van der Waals surface area contributed by atoms with Crippen molar-refractivity contribution >= 4 is 43.7 Å². The fraction of sp³-hybridized carbons (Fsp3) is 0.333. The van der Waals surface area contributed by atoms with E-state index in [0.29, 0.717) is 23.1 Å². The second kappa shape index (κ2) is 10.8. The topological polar surface area (TPSA) is 113 Å². The molecule has 2 amide bonds. The molecule has 0 atom stereocenters. The molecule has 1 aliphatic rings. The van der Waals surface area contributed by atoms with Crippen molar-refractivity contribution in [2.75, 3.05) is 23.9 Å². The lowest BCUT2D eigenvalue weighted by Crippen LogP contribution is -2.30. The van der Waals surface area contributed by atoms with E-state index < -0.39 is 11.8 Å². The van der Waals surface area contributed by atoms with E-state index >= 15 is 0 Å². The van der Waals surface area contributed by atoms with Crippen LogP contribution in [-0.2, 0) is 9.68 Å². The Balaban J connectivity index is 0.000000583. The van der Waals surface area contributed by atoms with Gasteiger partial charge in [0.1, 0.15) is 0 Å². The molecule has 0 spiro atoms. The average molecular weight is 428 g/mol. The molecule has 1 aliphatic heterocycles. The van der Waals surface area contributed by atoms with Crippen LogP contribution in [0.15, 0.2) is 24.3 Å². The SMILES string of the molecule is NOCCBr.O.O=C1c2ccccc2C(=O)N1OCCBr. The number of carbonyl (C=O) groups is 2. The molecule has 0 saturated heterocycles. The zero-order chi connectivity index (χ0) is 15.0. The Morgan fingerprint density at radius 1 is 1.00 bits per heavy atom. The maximum atomic E-state index is 11.7. The monoisotopic (exact) mass is 426 g/mol. The number of benzene rings is 1. The van der Waals surface area contributed by atoms with Gasteiger partial charge in [0.05, 0.1) is 24.3 Å². The lowest BCUT2D eigenvalue weighted by atomic mass is 10.1. The molecule has 1 aromatic rings. The third-order valence-corrected chi connectivity index (χ3v) is 2.90. The van der Waals surface area contributed by atoms with Crippen molar-refractivity contribution in [3.05, 3.63) is 35.4 Å². The van der Waals surface area contributed by atoms with Crippen molar-refractivity contribution in [2.24, 2.45) is 5.90 Å². The summed E-state index contributed by atoms with van der Waals surface area (Å²) in [5.74, 6) is 3.82. The maximum Gasteiger partial charge on any atom is 0.285 e. The van der Waals surface area contributed by atoms with Crippen LogP contribution in [0.4, 0.5) is 0 Å². The number of hydrogen-bond donors (Lipinski definition) is 1. The van der Waals surface area contributed by atoms with Crippen LogP contribution in [0.2, 0.25) is 0 Å². The van der Waals surface area contributed by atoms with E-state index in [0.717, 1.165) is 10.4 Å². The first-order valence-electron chi connectivity index (χ1n) is 5.71. The number of amides is 2. The first-order valence-corrected chi connectivity index (χ1v) is 7.96. The molecule has 0 saturated carbocycles. The number of hydrogen-bond acceptors (Lipinski definition) is 5. The summed E-state index contributed by atoms with van der Waals surface area (Å²) in [5.41, 5.74) is 0.800. The molecule has 1 heterocycles. The summed E-state index contributed by atoms with van der Waals surface area (Å²) in [6.45, 7) is 0.867. The summed E-state index contributed by atoms with van der Waals surface area (Å²) in [6.07, 6.45) is 0. The lowest BCUT2D eigenvalue weighted by molar-refractivity contribution is -0.0850. The van der Waals surface area contributed by atoms with Crippen molar-refractivity contribution < 1.29 is 24.7 Å². The Bertz CT molecular complexity index is 436. The molecular formula is C12H16Br2N2O5. The van der Waals surface area contributed by atoms with Crippen molar-refractivity contribution in [2.45, 2.75) is 0 Å². The Hall–Kier alpha value is -0.840. The molecule has 118 valence electrons. The number of rotatable bonds is 5. The average Bonchev–Trinajstić information content (AvgIpc) is 2.71. The minimum absolute atomic E-state index is 0. The summed E-state index contributed by atoms with van der Waals surface area (Å²) in [7, 11) is 0. The number of hydroxylamine groups is 2. The van der Waals surface area contributed by atoms with Gasteiger partial charge in [0.25, 0.3) is 11.8 Å². The number of imide groups is 1. The van der Waals surface area contributed by atoms with Gasteiger partial charge in [-0.3, -0.25) is 14.4 Å². The normalized spacial score (nSPS) is 12.4. The van der Waals surface area contributed by atoms with Crippen molar-refractivity contribution in [3.63, 3.8) is 0 Å². The molecule has 0 radical (unpaired) electrons. The first kappa shape index (κ1) is 20.2. The number of nitrogens with zero attached hydrogens (tertiary/aromatic N) is 1. The van der Waals surface area contributed by atoms with Crippen molar-refractivity contribution in [3.8, 4) is 0 Å². The highest BCUT2D eigenvalue weighted by Gasteiger charge is 2.36. The first-order chi connectivity index (χ1) is 9.67.